The molecule has 126 valence electrons. The van der Waals surface area contributed by atoms with Crippen molar-refractivity contribution in [2.45, 2.75) is 18.5 Å². The van der Waals surface area contributed by atoms with Crippen LogP contribution in [-0.4, -0.2) is 23.0 Å². The Morgan fingerprint density at radius 3 is 2.80 bits per heavy atom. The van der Waals surface area contributed by atoms with Gasteiger partial charge in [-0.05, 0) is 47.4 Å². The molecule has 3 nitrogen and oxygen atoms in total. The molecule has 2 unspecified atom stereocenters. The molecule has 1 aromatic carbocycles. The summed E-state index contributed by atoms with van der Waals surface area (Å²) in [6.45, 7) is 0. The van der Waals surface area contributed by atoms with Gasteiger partial charge < -0.3 is 10.2 Å². The number of nitrogens with one attached hydrogen (secondary N) is 1. The number of hydrogen-bond acceptors (Lipinski definition) is 3. The molecule has 2 heterocycles. The van der Waals surface area contributed by atoms with Crippen LogP contribution in [0.4, 0.5) is 5.82 Å². The van der Waals surface area contributed by atoms with E-state index in [4.69, 9.17) is 11.6 Å². The lowest BCUT2D eigenvalue weighted by Gasteiger charge is -2.26. The van der Waals surface area contributed by atoms with E-state index in [0.717, 1.165) is 17.3 Å². The van der Waals surface area contributed by atoms with Crippen LogP contribution in [0.3, 0.4) is 0 Å². The van der Waals surface area contributed by atoms with Crippen molar-refractivity contribution in [1.82, 2.24) is 9.88 Å². The molecule has 2 aromatic rings. The molecule has 25 heavy (non-hydrogen) atoms. The molecule has 0 spiro atoms. The number of halogens is 1. The Hall–Kier alpha value is -2.52. The first-order chi connectivity index (χ1) is 12.2. The maximum Gasteiger partial charge on any atom is 0.126 e. The van der Waals surface area contributed by atoms with Crippen LogP contribution in [0, 0.1) is 0 Å². The molecular formula is C21H20ClN3. The average molecular weight is 350 g/mol. The number of anilines is 1. The van der Waals surface area contributed by atoms with Crippen molar-refractivity contribution >= 4 is 17.4 Å². The van der Waals surface area contributed by atoms with Gasteiger partial charge in [-0.1, -0.05) is 48.0 Å². The van der Waals surface area contributed by atoms with Crippen LogP contribution in [0.2, 0.25) is 5.02 Å². The summed E-state index contributed by atoms with van der Waals surface area (Å²) in [7, 11) is 2.14. The van der Waals surface area contributed by atoms with E-state index in [1.165, 1.54) is 16.7 Å². The van der Waals surface area contributed by atoms with Crippen LogP contribution in [0.1, 0.15) is 18.0 Å². The third-order valence-electron chi connectivity index (χ3n) is 4.77. The van der Waals surface area contributed by atoms with E-state index in [9.17, 15) is 0 Å². The number of likely N-dealkylation sites (N-methyl/N-ethyl adjacent to an activating group) is 1. The van der Waals surface area contributed by atoms with Crippen LogP contribution >= 0.6 is 11.6 Å². The van der Waals surface area contributed by atoms with E-state index in [2.05, 4.69) is 58.8 Å². The maximum absolute atomic E-state index is 6.09. The zero-order chi connectivity index (χ0) is 17.2. The number of pyridine rings is 1. The van der Waals surface area contributed by atoms with E-state index in [1.807, 2.05) is 36.5 Å². The highest BCUT2D eigenvalue weighted by Gasteiger charge is 2.32. The van der Waals surface area contributed by atoms with Crippen molar-refractivity contribution in [3.05, 3.63) is 94.8 Å². The first kappa shape index (κ1) is 16.0. The first-order valence-corrected chi connectivity index (χ1v) is 8.84. The molecule has 4 rings (SSSR count). The van der Waals surface area contributed by atoms with Gasteiger partial charge in [0.05, 0.1) is 12.1 Å². The molecule has 4 heteroatoms. The van der Waals surface area contributed by atoms with Gasteiger partial charge in [-0.25, -0.2) is 4.98 Å². The Kier molecular flexibility index (Phi) is 4.33. The minimum Gasteiger partial charge on any atom is -0.373 e. The van der Waals surface area contributed by atoms with Crippen molar-refractivity contribution in [3.8, 4) is 0 Å². The maximum atomic E-state index is 6.09. The minimum absolute atomic E-state index is 0.0253. The highest BCUT2D eigenvalue weighted by Crippen LogP contribution is 2.40. The molecule has 1 aliphatic carbocycles. The Morgan fingerprint density at radius 2 is 2.04 bits per heavy atom. The van der Waals surface area contributed by atoms with Gasteiger partial charge in [0.25, 0.3) is 0 Å². The Bertz CT molecular complexity index is 837. The third-order valence-corrected chi connectivity index (χ3v) is 5.02. The molecule has 0 radical (unpaired) electrons. The smallest absolute Gasteiger partial charge is 0.126 e. The molecule has 0 fully saturated rings. The van der Waals surface area contributed by atoms with Gasteiger partial charge >= 0.3 is 0 Å². The van der Waals surface area contributed by atoms with Crippen LogP contribution in [0.15, 0.2) is 84.2 Å². The standard InChI is InChI=1S/C21H20ClN3/c1-25-14-18(17-6-2-3-7-19(17)25)21(15-9-11-16(22)12-10-15)24-20-8-4-5-13-23-20/h2-6,8-14,19,21H,7H2,1H3,(H,23,24). The number of benzene rings is 1. The van der Waals surface area contributed by atoms with Gasteiger partial charge in [0, 0.05) is 24.5 Å². The summed E-state index contributed by atoms with van der Waals surface area (Å²) in [6.07, 6.45) is 11.7. The molecule has 0 saturated carbocycles. The van der Waals surface area contributed by atoms with Crippen molar-refractivity contribution in [1.29, 1.82) is 0 Å². The highest BCUT2D eigenvalue weighted by molar-refractivity contribution is 6.30. The van der Waals surface area contributed by atoms with E-state index < -0.39 is 0 Å². The topological polar surface area (TPSA) is 28.2 Å². The van der Waals surface area contributed by atoms with Gasteiger partial charge in [0.15, 0.2) is 0 Å². The summed E-state index contributed by atoms with van der Waals surface area (Å²) in [5.41, 5.74) is 3.82. The van der Waals surface area contributed by atoms with Crippen molar-refractivity contribution in [2.75, 3.05) is 12.4 Å². The monoisotopic (exact) mass is 349 g/mol. The predicted octanol–water partition coefficient (Wildman–Crippen LogP) is 4.97. The number of hydrogen-bond donors (Lipinski definition) is 1. The van der Waals surface area contributed by atoms with Gasteiger partial charge in [-0.2, -0.15) is 0 Å². The molecule has 0 bridgehead atoms. The summed E-state index contributed by atoms with van der Waals surface area (Å²) in [6, 6.07) is 14.4. The Labute approximate surface area is 153 Å². The van der Waals surface area contributed by atoms with Crippen LogP contribution < -0.4 is 5.32 Å². The molecule has 1 aromatic heterocycles. The molecular weight excluding hydrogens is 330 g/mol. The Morgan fingerprint density at radius 1 is 1.20 bits per heavy atom. The van der Waals surface area contributed by atoms with Crippen molar-refractivity contribution in [3.63, 3.8) is 0 Å². The highest BCUT2D eigenvalue weighted by atomic mass is 35.5. The molecule has 0 amide bonds. The van der Waals surface area contributed by atoms with E-state index in [-0.39, 0.29) is 6.04 Å². The molecule has 2 atom stereocenters. The van der Waals surface area contributed by atoms with Gasteiger partial charge in [0.1, 0.15) is 5.82 Å². The summed E-state index contributed by atoms with van der Waals surface area (Å²) in [5.74, 6) is 0.862. The second-order valence-corrected chi connectivity index (χ2v) is 6.83. The lowest BCUT2D eigenvalue weighted by Crippen LogP contribution is -2.25. The summed E-state index contributed by atoms with van der Waals surface area (Å²) < 4.78 is 0. The quantitative estimate of drug-likeness (QED) is 0.844. The number of aromatic nitrogens is 1. The summed E-state index contributed by atoms with van der Waals surface area (Å²) >= 11 is 6.09. The van der Waals surface area contributed by atoms with Gasteiger partial charge in [-0.3, -0.25) is 0 Å². The summed E-state index contributed by atoms with van der Waals surface area (Å²) in [4.78, 5) is 6.74. The zero-order valence-electron chi connectivity index (χ0n) is 14.1. The first-order valence-electron chi connectivity index (χ1n) is 8.46. The largest absolute Gasteiger partial charge is 0.373 e. The third kappa shape index (κ3) is 3.20. The lowest BCUT2D eigenvalue weighted by molar-refractivity contribution is 0.394. The fourth-order valence-electron chi connectivity index (χ4n) is 3.51. The average Bonchev–Trinajstić information content (AvgIpc) is 2.98. The SMILES string of the molecule is CN1C=C(C(Nc2ccccn2)c2ccc(Cl)cc2)C2=CC=CCC21. The number of allylic oxidation sites excluding steroid dienone is 2. The van der Waals surface area contributed by atoms with Crippen molar-refractivity contribution in [2.24, 2.45) is 0 Å². The van der Waals surface area contributed by atoms with Crippen molar-refractivity contribution < 1.29 is 0 Å². The molecule has 0 saturated heterocycles. The molecule has 2 aliphatic rings. The van der Waals surface area contributed by atoms with Crippen LogP contribution in [-0.2, 0) is 0 Å². The fraction of sp³-hybridized carbons (Fsp3) is 0.190. The van der Waals surface area contributed by atoms with Gasteiger partial charge in [0.2, 0.25) is 0 Å². The van der Waals surface area contributed by atoms with E-state index >= 15 is 0 Å². The van der Waals surface area contributed by atoms with Crippen LogP contribution in [0.25, 0.3) is 0 Å². The lowest BCUT2D eigenvalue weighted by atomic mass is 9.88. The number of nitrogens with zero attached hydrogens (tertiary/aromatic N) is 2. The second-order valence-electron chi connectivity index (χ2n) is 6.40. The second kappa shape index (κ2) is 6.77. The summed E-state index contributed by atoms with van der Waals surface area (Å²) in [5, 5.41) is 4.34. The van der Waals surface area contributed by atoms with E-state index in [0.29, 0.717) is 6.04 Å². The Balaban J connectivity index is 1.75. The molecule has 1 aliphatic heterocycles. The predicted molar refractivity (Wildman–Crippen MR) is 104 cm³/mol. The minimum atomic E-state index is 0.0253. The normalized spacial score (nSPS) is 19.9. The number of rotatable bonds is 4. The zero-order valence-corrected chi connectivity index (χ0v) is 14.8. The fourth-order valence-corrected chi connectivity index (χ4v) is 3.63. The molecule has 1 N–H and O–H groups in total. The van der Waals surface area contributed by atoms with E-state index in [1.54, 1.807) is 0 Å². The van der Waals surface area contributed by atoms with Gasteiger partial charge in [-0.15, -0.1) is 0 Å². The number of fused-ring (bicyclic) bond motifs is 1. The van der Waals surface area contributed by atoms with Crippen LogP contribution in [0.5, 0.6) is 0 Å².